The van der Waals surface area contributed by atoms with E-state index in [0.29, 0.717) is 50.0 Å². The topological polar surface area (TPSA) is 72.0 Å². The van der Waals surface area contributed by atoms with Crippen molar-refractivity contribution < 1.29 is 19.1 Å². The Bertz CT molecular complexity index is 774. The van der Waals surface area contributed by atoms with Crippen LogP contribution in [0.5, 0.6) is 11.5 Å². The summed E-state index contributed by atoms with van der Waals surface area (Å²) in [5.74, 6) is 0.964. The molecule has 0 bridgehead atoms. The van der Waals surface area contributed by atoms with Crippen molar-refractivity contribution in [1.82, 2.24) is 14.8 Å². The maximum atomic E-state index is 12.4. The van der Waals surface area contributed by atoms with E-state index in [2.05, 4.69) is 4.98 Å². The first-order valence-corrected chi connectivity index (χ1v) is 9.01. The summed E-state index contributed by atoms with van der Waals surface area (Å²) in [5, 5.41) is 0. The van der Waals surface area contributed by atoms with E-state index in [0.717, 1.165) is 0 Å². The minimum absolute atomic E-state index is 0.0573. The molecule has 1 aliphatic heterocycles. The van der Waals surface area contributed by atoms with E-state index >= 15 is 0 Å². The third-order valence-electron chi connectivity index (χ3n) is 4.30. The average molecular weight is 369 g/mol. The van der Waals surface area contributed by atoms with Gasteiger partial charge in [0.2, 0.25) is 0 Å². The van der Waals surface area contributed by atoms with Crippen molar-refractivity contribution in [2.75, 3.05) is 39.4 Å². The van der Waals surface area contributed by atoms with Gasteiger partial charge >= 0.3 is 0 Å². The van der Waals surface area contributed by atoms with Crippen molar-refractivity contribution in [3.63, 3.8) is 0 Å². The number of amides is 2. The van der Waals surface area contributed by atoms with E-state index in [1.54, 1.807) is 40.3 Å². The van der Waals surface area contributed by atoms with Crippen LogP contribution in [-0.2, 0) is 4.79 Å². The average Bonchev–Trinajstić information content (AvgIpc) is 2.73. The number of ether oxygens (including phenoxy) is 2. The standard InChI is InChI=1S/C20H23N3O4/c1-2-26-17-8-3-4-9-18(17)27-15-19(24)22-11-13-23(14-12-22)20(25)16-7-5-6-10-21-16/h3-10H,2,11-15H2,1H3. The van der Waals surface area contributed by atoms with Crippen LogP contribution in [0.2, 0.25) is 0 Å². The Morgan fingerprint density at radius 3 is 2.19 bits per heavy atom. The summed E-state index contributed by atoms with van der Waals surface area (Å²) >= 11 is 0. The van der Waals surface area contributed by atoms with Crippen LogP contribution in [0, 0.1) is 0 Å². The number of para-hydroxylation sites is 2. The fourth-order valence-corrected chi connectivity index (χ4v) is 2.89. The number of carbonyl (C=O) groups is 2. The molecule has 7 nitrogen and oxygen atoms in total. The van der Waals surface area contributed by atoms with E-state index in [-0.39, 0.29) is 18.4 Å². The van der Waals surface area contributed by atoms with Crippen molar-refractivity contribution in [2.45, 2.75) is 6.92 Å². The highest BCUT2D eigenvalue weighted by Gasteiger charge is 2.25. The third kappa shape index (κ3) is 4.75. The molecule has 0 aliphatic carbocycles. The molecular weight excluding hydrogens is 346 g/mol. The molecule has 2 heterocycles. The van der Waals surface area contributed by atoms with Gasteiger partial charge in [-0.3, -0.25) is 14.6 Å². The monoisotopic (exact) mass is 369 g/mol. The lowest BCUT2D eigenvalue weighted by molar-refractivity contribution is -0.134. The molecule has 0 N–H and O–H groups in total. The van der Waals surface area contributed by atoms with Crippen molar-refractivity contribution >= 4 is 11.8 Å². The van der Waals surface area contributed by atoms with Gasteiger partial charge in [-0.05, 0) is 31.2 Å². The zero-order valence-corrected chi connectivity index (χ0v) is 15.3. The molecule has 1 aromatic carbocycles. The highest BCUT2D eigenvalue weighted by Crippen LogP contribution is 2.26. The number of hydrogen-bond acceptors (Lipinski definition) is 5. The van der Waals surface area contributed by atoms with Crippen LogP contribution < -0.4 is 9.47 Å². The lowest BCUT2D eigenvalue weighted by atomic mass is 10.2. The number of carbonyl (C=O) groups excluding carboxylic acids is 2. The quantitative estimate of drug-likeness (QED) is 0.777. The van der Waals surface area contributed by atoms with E-state index in [1.165, 1.54) is 0 Å². The highest BCUT2D eigenvalue weighted by atomic mass is 16.5. The van der Waals surface area contributed by atoms with Gasteiger partial charge in [0.25, 0.3) is 11.8 Å². The van der Waals surface area contributed by atoms with Crippen LogP contribution in [0.3, 0.4) is 0 Å². The molecule has 1 aromatic heterocycles. The Labute approximate surface area is 158 Å². The van der Waals surface area contributed by atoms with Gasteiger partial charge in [-0.2, -0.15) is 0 Å². The van der Waals surface area contributed by atoms with Crippen molar-refractivity contribution in [3.05, 3.63) is 54.4 Å². The molecule has 142 valence electrons. The second-order valence-electron chi connectivity index (χ2n) is 6.06. The summed E-state index contributed by atoms with van der Waals surface area (Å²) < 4.78 is 11.1. The van der Waals surface area contributed by atoms with Crippen LogP contribution in [0.25, 0.3) is 0 Å². The number of pyridine rings is 1. The Kier molecular flexibility index (Phi) is 6.25. The fourth-order valence-electron chi connectivity index (χ4n) is 2.89. The molecule has 2 aromatic rings. The Balaban J connectivity index is 1.50. The summed E-state index contributed by atoms with van der Waals surface area (Å²) in [6.45, 7) is 4.29. The van der Waals surface area contributed by atoms with Gasteiger partial charge in [-0.15, -0.1) is 0 Å². The molecular formula is C20H23N3O4. The predicted molar refractivity (Wildman–Crippen MR) is 99.8 cm³/mol. The van der Waals surface area contributed by atoms with Gasteiger partial charge in [0.05, 0.1) is 6.61 Å². The van der Waals surface area contributed by atoms with Crippen LogP contribution in [0.15, 0.2) is 48.7 Å². The molecule has 2 amide bonds. The molecule has 1 saturated heterocycles. The van der Waals surface area contributed by atoms with E-state index in [9.17, 15) is 9.59 Å². The Hall–Kier alpha value is -3.09. The van der Waals surface area contributed by atoms with Crippen molar-refractivity contribution in [2.24, 2.45) is 0 Å². The van der Waals surface area contributed by atoms with Gasteiger partial charge < -0.3 is 19.3 Å². The number of benzene rings is 1. The number of aromatic nitrogens is 1. The Morgan fingerprint density at radius 1 is 0.926 bits per heavy atom. The predicted octanol–water partition coefficient (Wildman–Crippen LogP) is 1.84. The van der Waals surface area contributed by atoms with Gasteiger partial charge in [-0.1, -0.05) is 18.2 Å². The van der Waals surface area contributed by atoms with Crippen LogP contribution in [0.1, 0.15) is 17.4 Å². The van der Waals surface area contributed by atoms with Crippen LogP contribution >= 0.6 is 0 Å². The summed E-state index contributed by atoms with van der Waals surface area (Å²) in [6.07, 6.45) is 1.60. The van der Waals surface area contributed by atoms with E-state index in [4.69, 9.17) is 9.47 Å². The van der Waals surface area contributed by atoms with Crippen LogP contribution in [0.4, 0.5) is 0 Å². The van der Waals surface area contributed by atoms with Gasteiger partial charge in [-0.25, -0.2) is 0 Å². The minimum Gasteiger partial charge on any atom is -0.490 e. The van der Waals surface area contributed by atoms with Gasteiger partial charge in [0, 0.05) is 32.4 Å². The molecule has 0 unspecified atom stereocenters. The summed E-state index contributed by atoms with van der Waals surface area (Å²) in [5.41, 5.74) is 0.424. The molecule has 0 saturated carbocycles. The summed E-state index contributed by atoms with van der Waals surface area (Å²) in [4.78, 5) is 32.4. The number of hydrogen-bond donors (Lipinski definition) is 0. The molecule has 0 atom stereocenters. The molecule has 1 aliphatic rings. The zero-order chi connectivity index (χ0) is 19.1. The molecule has 3 rings (SSSR count). The van der Waals surface area contributed by atoms with Gasteiger partial charge in [0.1, 0.15) is 5.69 Å². The zero-order valence-electron chi connectivity index (χ0n) is 15.3. The third-order valence-corrected chi connectivity index (χ3v) is 4.30. The first-order chi connectivity index (χ1) is 13.2. The minimum atomic E-state index is -0.107. The SMILES string of the molecule is CCOc1ccccc1OCC(=O)N1CCN(C(=O)c2ccccn2)CC1. The molecule has 27 heavy (non-hydrogen) atoms. The largest absolute Gasteiger partial charge is 0.490 e. The van der Waals surface area contributed by atoms with E-state index < -0.39 is 0 Å². The summed E-state index contributed by atoms with van der Waals surface area (Å²) in [7, 11) is 0. The first kappa shape index (κ1) is 18.7. The fraction of sp³-hybridized carbons (Fsp3) is 0.350. The lowest BCUT2D eigenvalue weighted by Crippen LogP contribution is -2.51. The van der Waals surface area contributed by atoms with E-state index in [1.807, 2.05) is 25.1 Å². The normalized spacial score (nSPS) is 14.0. The maximum absolute atomic E-state index is 12.4. The number of rotatable bonds is 6. The summed E-state index contributed by atoms with van der Waals surface area (Å²) in [6, 6.07) is 12.5. The second-order valence-corrected chi connectivity index (χ2v) is 6.06. The lowest BCUT2D eigenvalue weighted by Gasteiger charge is -2.34. The van der Waals surface area contributed by atoms with Crippen molar-refractivity contribution in [3.8, 4) is 11.5 Å². The van der Waals surface area contributed by atoms with Crippen LogP contribution in [-0.4, -0.2) is 66.0 Å². The maximum Gasteiger partial charge on any atom is 0.272 e. The molecule has 7 heteroatoms. The smallest absolute Gasteiger partial charge is 0.272 e. The van der Waals surface area contributed by atoms with Crippen molar-refractivity contribution in [1.29, 1.82) is 0 Å². The molecule has 0 radical (unpaired) electrons. The Morgan fingerprint density at radius 2 is 1.56 bits per heavy atom. The highest BCUT2D eigenvalue weighted by molar-refractivity contribution is 5.92. The molecule has 0 spiro atoms. The number of nitrogens with zero attached hydrogens (tertiary/aromatic N) is 3. The second kappa shape index (κ2) is 9.02. The first-order valence-electron chi connectivity index (χ1n) is 9.01. The molecule has 1 fully saturated rings. The van der Waals surface area contributed by atoms with Gasteiger partial charge in [0.15, 0.2) is 18.1 Å². The number of piperazine rings is 1.